The standard InChI is InChI=1S/C16H19N3O3/c1-16(2,3)22-15(21)18-8-10-9-19-13(20)5-4-12-14(19)11(10)6-7-17-12/h4-7,10H,8-9H2,1-3H3,(H,18,21)/t10-/m1/s1. The fourth-order valence-corrected chi connectivity index (χ4v) is 2.78. The normalized spacial score (nSPS) is 16.8. The van der Waals surface area contributed by atoms with E-state index in [1.54, 1.807) is 16.8 Å². The molecule has 0 aromatic carbocycles. The van der Waals surface area contributed by atoms with Crippen LogP contribution in [-0.2, 0) is 11.3 Å². The van der Waals surface area contributed by atoms with Gasteiger partial charge in [0.1, 0.15) is 5.60 Å². The molecule has 1 aliphatic rings. The Morgan fingerprint density at radius 2 is 2.18 bits per heavy atom. The van der Waals surface area contributed by atoms with Gasteiger partial charge in [0, 0.05) is 31.3 Å². The van der Waals surface area contributed by atoms with Crippen molar-refractivity contribution in [2.24, 2.45) is 0 Å². The second kappa shape index (κ2) is 5.12. The number of rotatable bonds is 2. The molecule has 3 rings (SSSR count). The minimum absolute atomic E-state index is 0.0403. The van der Waals surface area contributed by atoms with Gasteiger partial charge in [-0.1, -0.05) is 0 Å². The van der Waals surface area contributed by atoms with Crippen molar-refractivity contribution in [2.75, 3.05) is 6.54 Å². The summed E-state index contributed by atoms with van der Waals surface area (Å²) in [4.78, 5) is 28.1. The van der Waals surface area contributed by atoms with Gasteiger partial charge < -0.3 is 14.6 Å². The molecule has 6 nitrogen and oxygen atoms in total. The van der Waals surface area contributed by atoms with Crippen LogP contribution in [0, 0.1) is 0 Å². The van der Waals surface area contributed by atoms with E-state index in [-0.39, 0.29) is 11.5 Å². The molecular formula is C16H19N3O3. The Morgan fingerprint density at radius 1 is 1.41 bits per heavy atom. The number of ether oxygens (including phenoxy) is 1. The van der Waals surface area contributed by atoms with Crippen molar-refractivity contribution >= 4 is 17.1 Å². The van der Waals surface area contributed by atoms with Crippen LogP contribution in [-0.4, -0.2) is 27.8 Å². The number of hydrogen-bond donors (Lipinski definition) is 1. The Kier molecular flexibility index (Phi) is 3.39. The number of carbonyl (C=O) groups excluding carboxylic acids is 1. The number of aromatic nitrogens is 2. The second-order valence-electron chi connectivity index (χ2n) is 6.50. The van der Waals surface area contributed by atoms with Crippen molar-refractivity contribution in [2.45, 2.75) is 38.8 Å². The van der Waals surface area contributed by atoms with Gasteiger partial charge >= 0.3 is 6.09 Å². The Bertz CT molecular complexity index is 789. The lowest BCUT2D eigenvalue weighted by atomic mass is 10.0. The van der Waals surface area contributed by atoms with E-state index in [4.69, 9.17) is 4.74 Å². The number of pyridine rings is 2. The van der Waals surface area contributed by atoms with Crippen LogP contribution in [0.3, 0.4) is 0 Å². The first kappa shape index (κ1) is 14.6. The molecule has 0 saturated heterocycles. The zero-order chi connectivity index (χ0) is 15.9. The summed E-state index contributed by atoms with van der Waals surface area (Å²) in [5, 5.41) is 2.78. The molecule has 2 aromatic rings. The second-order valence-corrected chi connectivity index (χ2v) is 6.50. The molecule has 0 spiro atoms. The molecular weight excluding hydrogens is 282 g/mol. The van der Waals surface area contributed by atoms with E-state index < -0.39 is 11.7 Å². The predicted molar refractivity (Wildman–Crippen MR) is 83.0 cm³/mol. The highest BCUT2D eigenvalue weighted by molar-refractivity contribution is 5.80. The van der Waals surface area contributed by atoms with E-state index in [2.05, 4.69) is 10.3 Å². The van der Waals surface area contributed by atoms with Crippen LogP contribution < -0.4 is 10.9 Å². The highest BCUT2D eigenvalue weighted by Gasteiger charge is 2.26. The zero-order valence-corrected chi connectivity index (χ0v) is 12.9. The zero-order valence-electron chi connectivity index (χ0n) is 12.9. The fourth-order valence-electron chi connectivity index (χ4n) is 2.78. The maximum Gasteiger partial charge on any atom is 0.407 e. The quantitative estimate of drug-likeness (QED) is 0.921. The van der Waals surface area contributed by atoms with Gasteiger partial charge in [-0.05, 0) is 38.5 Å². The van der Waals surface area contributed by atoms with E-state index in [9.17, 15) is 9.59 Å². The van der Waals surface area contributed by atoms with Crippen LogP contribution in [0.15, 0.2) is 29.2 Å². The molecule has 3 heterocycles. The van der Waals surface area contributed by atoms with Crippen molar-refractivity contribution in [1.29, 1.82) is 0 Å². The summed E-state index contributed by atoms with van der Waals surface area (Å²) < 4.78 is 6.96. The highest BCUT2D eigenvalue weighted by Crippen LogP contribution is 2.30. The topological polar surface area (TPSA) is 73.2 Å². The van der Waals surface area contributed by atoms with Gasteiger partial charge in [0.25, 0.3) is 5.56 Å². The van der Waals surface area contributed by atoms with Crippen LogP contribution in [0.4, 0.5) is 4.79 Å². The van der Waals surface area contributed by atoms with E-state index in [0.29, 0.717) is 13.1 Å². The first-order chi connectivity index (χ1) is 10.3. The molecule has 2 aromatic heterocycles. The molecule has 0 radical (unpaired) electrons. The largest absolute Gasteiger partial charge is 0.444 e. The third-order valence-electron chi connectivity index (χ3n) is 3.64. The molecule has 0 fully saturated rings. The summed E-state index contributed by atoms with van der Waals surface area (Å²) >= 11 is 0. The van der Waals surface area contributed by atoms with Crippen molar-refractivity contribution in [3.05, 3.63) is 40.3 Å². The number of alkyl carbamates (subject to hydrolysis) is 1. The minimum atomic E-state index is -0.524. The lowest BCUT2D eigenvalue weighted by molar-refractivity contribution is 0.0524. The number of nitrogens with one attached hydrogen (secondary N) is 1. The molecule has 0 bridgehead atoms. The van der Waals surface area contributed by atoms with Crippen molar-refractivity contribution < 1.29 is 9.53 Å². The number of amides is 1. The summed E-state index contributed by atoms with van der Waals surface area (Å²) in [6.07, 6.45) is 1.29. The number of hydrogen-bond acceptors (Lipinski definition) is 4. The fraction of sp³-hybridized carbons (Fsp3) is 0.438. The summed E-state index contributed by atoms with van der Waals surface area (Å²) in [6, 6.07) is 5.18. The van der Waals surface area contributed by atoms with Gasteiger partial charge in [-0.25, -0.2) is 4.79 Å². The SMILES string of the molecule is CC(C)(C)OC(=O)NC[C@@H]1Cn2c(=O)ccc3nccc1c32. The van der Waals surface area contributed by atoms with Gasteiger partial charge in [-0.15, -0.1) is 0 Å². The molecule has 1 N–H and O–H groups in total. The Labute approximate surface area is 128 Å². The molecule has 1 atom stereocenters. The van der Waals surface area contributed by atoms with Crippen LogP contribution in [0.25, 0.3) is 11.0 Å². The molecule has 0 aliphatic carbocycles. The minimum Gasteiger partial charge on any atom is -0.444 e. The van der Waals surface area contributed by atoms with Crippen LogP contribution >= 0.6 is 0 Å². The predicted octanol–water partition coefficient (Wildman–Crippen LogP) is 2.02. The Hall–Kier alpha value is -2.37. The summed E-state index contributed by atoms with van der Waals surface area (Å²) in [5.74, 6) is 0.0492. The van der Waals surface area contributed by atoms with E-state index in [0.717, 1.165) is 16.6 Å². The van der Waals surface area contributed by atoms with Crippen molar-refractivity contribution in [3.63, 3.8) is 0 Å². The Morgan fingerprint density at radius 3 is 2.91 bits per heavy atom. The van der Waals surface area contributed by atoms with Gasteiger partial charge in [0.05, 0.1) is 11.0 Å². The average molecular weight is 301 g/mol. The molecule has 0 unspecified atom stereocenters. The number of carbonyl (C=O) groups is 1. The summed E-state index contributed by atoms with van der Waals surface area (Å²) in [7, 11) is 0. The Balaban J connectivity index is 1.79. The summed E-state index contributed by atoms with van der Waals surface area (Å²) in [6.45, 7) is 6.44. The monoisotopic (exact) mass is 301 g/mol. The first-order valence-corrected chi connectivity index (χ1v) is 7.30. The molecule has 1 amide bonds. The van der Waals surface area contributed by atoms with E-state index in [1.165, 1.54) is 6.07 Å². The summed E-state index contributed by atoms with van der Waals surface area (Å²) in [5.41, 5.74) is 2.15. The van der Waals surface area contributed by atoms with Crippen LogP contribution in [0.2, 0.25) is 0 Å². The molecule has 22 heavy (non-hydrogen) atoms. The third kappa shape index (κ3) is 2.68. The maximum atomic E-state index is 12.0. The first-order valence-electron chi connectivity index (χ1n) is 7.30. The molecule has 0 saturated carbocycles. The van der Waals surface area contributed by atoms with Gasteiger partial charge in [-0.3, -0.25) is 9.78 Å². The number of nitrogens with zero attached hydrogens (tertiary/aromatic N) is 2. The maximum absolute atomic E-state index is 12.0. The highest BCUT2D eigenvalue weighted by atomic mass is 16.6. The molecule has 116 valence electrons. The lowest BCUT2D eigenvalue weighted by Gasteiger charge is -2.20. The third-order valence-corrected chi connectivity index (χ3v) is 3.64. The van der Waals surface area contributed by atoms with E-state index >= 15 is 0 Å². The van der Waals surface area contributed by atoms with Gasteiger partial charge in [0.15, 0.2) is 0 Å². The van der Waals surface area contributed by atoms with Crippen molar-refractivity contribution in [3.8, 4) is 0 Å². The van der Waals surface area contributed by atoms with E-state index in [1.807, 2.05) is 26.8 Å². The van der Waals surface area contributed by atoms with Crippen LogP contribution in [0.5, 0.6) is 0 Å². The smallest absolute Gasteiger partial charge is 0.407 e. The lowest BCUT2D eigenvalue weighted by Crippen LogP contribution is -2.35. The van der Waals surface area contributed by atoms with Gasteiger partial charge in [0.2, 0.25) is 0 Å². The van der Waals surface area contributed by atoms with Gasteiger partial charge in [-0.2, -0.15) is 0 Å². The molecule has 6 heteroatoms. The molecule has 1 aliphatic heterocycles. The van der Waals surface area contributed by atoms with Crippen molar-refractivity contribution in [1.82, 2.24) is 14.9 Å². The van der Waals surface area contributed by atoms with Crippen LogP contribution in [0.1, 0.15) is 32.3 Å². The average Bonchev–Trinajstić information content (AvgIpc) is 2.80.